The minimum atomic E-state index is -0.533. The fourth-order valence-corrected chi connectivity index (χ4v) is 3.39. The van der Waals surface area contributed by atoms with Crippen molar-refractivity contribution in [2.24, 2.45) is 11.7 Å². The molecule has 2 atom stereocenters. The molecule has 6 nitrogen and oxygen atoms in total. The second kappa shape index (κ2) is 8.64. The van der Waals surface area contributed by atoms with E-state index >= 15 is 0 Å². The van der Waals surface area contributed by atoms with Crippen LogP contribution >= 0.6 is 0 Å². The third-order valence-electron chi connectivity index (χ3n) is 4.95. The first kappa shape index (κ1) is 20.4. The molecule has 0 spiro atoms. The van der Waals surface area contributed by atoms with Crippen LogP contribution in [-0.4, -0.2) is 42.5 Å². The number of nitrogens with one attached hydrogen (secondary N) is 3. The molecule has 1 aliphatic carbocycles. The van der Waals surface area contributed by atoms with Gasteiger partial charge in [0.2, 0.25) is 11.8 Å². The van der Waals surface area contributed by atoms with Crippen LogP contribution in [0.1, 0.15) is 38.8 Å². The fourth-order valence-electron chi connectivity index (χ4n) is 3.39. The lowest BCUT2D eigenvalue weighted by molar-refractivity contribution is -0.130. The van der Waals surface area contributed by atoms with Gasteiger partial charge in [-0.2, -0.15) is 0 Å². The van der Waals surface area contributed by atoms with Crippen molar-refractivity contribution in [2.45, 2.75) is 58.2 Å². The molecule has 5 N–H and O–H groups in total. The van der Waals surface area contributed by atoms with Crippen LogP contribution in [-0.2, 0) is 22.4 Å². The van der Waals surface area contributed by atoms with Gasteiger partial charge in [-0.1, -0.05) is 38.1 Å². The lowest BCUT2D eigenvalue weighted by Gasteiger charge is -2.28. The van der Waals surface area contributed by atoms with Gasteiger partial charge >= 0.3 is 0 Å². The summed E-state index contributed by atoms with van der Waals surface area (Å²) in [7, 11) is 0. The predicted molar refractivity (Wildman–Crippen MR) is 104 cm³/mol. The van der Waals surface area contributed by atoms with Gasteiger partial charge in [0.05, 0.1) is 6.04 Å². The number of likely N-dealkylation sites (N-methyl/N-ethyl adjacent to an activating group) is 1. The van der Waals surface area contributed by atoms with Crippen LogP contribution in [0.25, 0.3) is 0 Å². The van der Waals surface area contributed by atoms with Gasteiger partial charge in [-0.05, 0) is 43.7 Å². The standard InChI is InChI=1S/C20H32N4O2/c1-5-22-19(26)17(13(2)3)24-18(25)14(4)23-12-20(21)10-15-8-6-7-9-16(15)11-20/h6-9,13-14,17,23H,5,10-12,21H2,1-4H3,(H,22,26)(H,24,25)/t14?,17-/m0/s1. The summed E-state index contributed by atoms with van der Waals surface area (Å²) in [6.45, 7) is 8.59. The van der Waals surface area contributed by atoms with Crippen molar-refractivity contribution in [3.05, 3.63) is 35.4 Å². The lowest BCUT2D eigenvalue weighted by atomic mass is 9.96. The number of hydrogen-bond acceptors (Lipinski definition) is 4. The zero-order chi connectivity index (χ0) is 19.3. The van der Waals surface area contributed by atoms with Crippen molar-refractivity contribution >= 4 is 11.8 Å². The molecule has 0 aliphatic heterocycles. The highest BCUT2D eigenvalue weighted by atomic mass is 16.2. The van der Waals surface area contributed by atoms with Crippen LogP contribution in [0.4, 0.5) is 0 Å². The average Bonchev–Trinajstić information content (AvgIpc) is 2.93. The number of benzene rings is 1. The van der Waals surface area contributed by atoms with Crippen LogP contribution in [0, 0.1) is 5.92 Å². The Hall–Kier alpha value is -1.92. The fraction of sp³-hybridized carbons (Fsp3) is 0.600. The molecule has 26 heavy (non-hydrogen) atoms. The molecule has 0 radical (unpaired) electrons. The highest BCUT2D eigenvalue weighted by Gasteiger charge is 2.34. The third kappa shape index (κ3) is 5.05. The number of carbonyl (C=O) groups excluding carboxylic acids is 2. The second-order valence-corrected chi connectivity index (χ2v) is 7.71. The monoisotopic (exact) mass is 360 g/mol. The topological polar surface area (TPSA) is 96.2 Å². The number of rotatable bonds is 8. The van der Waals surface area contributed by atoms with E-state index in [4.69, 9.17) is 5.73 Å². The molecule has 144 valence electrons. The van der Waals surface area contributed by atoms with Crippen LogP contribution in [0.2, 0.25) is 0 Å². The summed E-state index contributed by atoms with van der Waals surface area (Å²) in [4.78, 5) is 24.6. The van der Waals surface area contributed by atoms with Crippen LogP contribution in [0.5, 0.6) is 0 Å². The first-order valence-electron chi connectivity index (χ1n) is 9.43. The maximum Gasteiger partial charge on any atom is 0.242 e. The molecule has 2 rings (SSSR count). The smallest absolute Gasteiger partial charge is 0.242 e. The maximum absolute atomic E-state index is 12.5. The van der Waals surface area contributed by atoms with E-state index in [0.29, 0.717) is 13.1 Å². The van der Waals surface area contributed by atoms with Gasteiger partial charge in [-0.3, -0.25) is 9.59 Å². The van der Waals surface area contributed by atoms with Gasteiger partial charge in [0.1, 0.15) is 6.04 Å². The number of amides is 2. The van der Waals surface area contributed by atoms with Gasteiger partial charge < -0.3 is 21.7 Å². The number of fused-ring (bicyclic) bond motifs is 1. The summed E-state index contributed by atoms with van der Waals surface area (Å²) in [6, 6.07) is 7.33. The molecule has 0 saturated carbocycles. The first-order valence-corrected chi connectivity index (χ1v) is 9.43. The van der Waals surface area contributed by atoms with Crippen LogP contribution < -0.4 is 21.7 Å². The summed E-state index contributed by atoms with van der Waals surface area (Å²) in [6.07, 6.45) is 1.61. The van der Waals surface area contributed by atoms with Crippen molar-refractivity contribution in [3.63, 3.8) is 0 Å². The molecule has 0 aromatic heterocycles. The summed E-state index contributed by atoms with van der Waals surface area (Å²) >= 11 is 0. The highest BCUT2D eigenvalue weighted by molar-refractivity contribution is 5.89. The van der Waals surface area contributed by atoms with Crippen molar-refractivity contribution < 1.29 is 9.59 Å². The highest BCUT2D eigenvalue weighted by Crippen LogP contribution is 2.27. The second-order valence-electron chi connectivity index (χ2n) is 7.71. The van der Waals surface area contributed by atoms with Gasteiger partial charge in [-0.25, -0.2) is 0 Å². The molecule has 1 unspecified atom stereocenters. The van der Waals surface area contributed by atoms with Crippen LogP contribution in [0.15, 0.2) is 24.3 Å². The summed E-state index contributed by atoms with van der Waals surface area (Å²) in [5.74, 6) is -0.318. The average molecular weight is 361 g/mol. The Balaban J connectivity index is 1.88. The van der Waals surface area contributed by atoms with Gasteiger partial charge in [0.15, 0.2) is 0 Å². The molecular formula is C20H32N4O2. The Kier molecular flexibility index (Phi) is 6.78. The zero-order valence-electron chi connectivity index (χ0n) is 16.3. The molecule has 1 aromatic carbocycles. The Morgan fingerprint density at radius 1 is 1.12 bits per heavy atom. The van der Waals surface area contributed by atoms with Crippen molar-refractivity contribution in [3.8, 4) is 0 Å². The van der Waals surface area contributed by atoms with Gasteiger partial charge in [-0.15, -0.1) is 0 Å². The molecule has 0 saturated heterocycles. The maximum atomic E-state index is 12.5. The lowest BCUT2D eigenvalue weighted by Crippen LogP contribution is -2.57. The van der Waals surface area contributed by atoms with Crippen molar-refractivity contribution in [2.75, 3.05) is 13.1 Å². The molecule has 2 amide bonds. The minimum absolute atomic E-state index is 0.0166. The van der Waals surface area contributed by atoms with Crippen LogP contribution in [0.3, 0.4) is 0 Å². The summed E-state index contributed by atoms with van der Waals surface area (Å²) in [5.41, 5.74) is 8.72. The van der Waals surface area contributed by atoms with E-state index in [2.05, 4.69) is 28.1 Å². The minimum Gasteiger partial charge on any atom is -0.355 e. The normalized spacial score (nSPS) is 17.5. The van der Waals surface area contributed by atoms with E-state index < -0.39 is 12.1 Å². The molecular weight excluding hydrogens is 328 g/mol. The molecule has 1 aromatic rings. The van der Waals surface area contributed by atoms with Gasteiger partial charge in [0, 0.05) is 18.6 Å². The van der Waals surface area contributed by atoms with E-state index in [1.54, 1.807) is 6.92 Å². The summed E-state index contributed by atoms with van der Waals surface area (Å²) < 4.78 is 0. The molecule has 0 bridgehead atoms. The van der Waals surface area contributed by atoms with Crippen molar-refractivity contribution in [1.29, 1.82) is 0 Å². The van der Waals surface area contributed by atoms with E-state index in [1.807, 2.05) is 32.9 Å². The van der Waals surface area contributed by atoms with E-state index in [9.17, 15) is 9.59 Å². The predicted octanol–water partition coefficient (Wildman–Crippen LogP) is 0.738. The largest absolute Gasteiger partial charge is 0.355 e. The Bertz CT molecular complexity index is 619. The van der Waals surface area contributed by atoms with Gasteiger partial charge in [0.25, 0.3) is 0 Å². The SMILES string of the molecule is CCNC(=O)[C@@H](NC(=O)C(C)NCC1(N)Cc2ccccc2C1)C(C)C. The Morgan fingerprint density at radius 3 is 2.19 bits per heavy atom. The molecule has 0 fully saturated rings. The molecule has 6 heteroatoms. The van der Waals surface area contributed by atoms with E-state index in [1.165, 1.54) is 11.1 Å². The quantitative estimate of drug-likeness (QED) is 0.550. The van der Waals surface area contributed by atoms with E-state index in [-0.39, 0.29) is 23.3 Å². The number of carbonyl (C=O) groups is 2. The number of nitrogens with two attached hydrogens (primary N) is 1. The molecule has 0 heterocycles. The third-order valence-corrected chi connectivity index (χ3v) is 4.95. The zero-order valence-corrected chi connectivity index (χ0v) is 16.3. The summed E-state index contributed by atoms with van der Waals surface area (Å²) in [5, 5.41) is 8.87. The first-order chi connectivity index (χ1) is 12.3. The molecule has 1 aliphatic rings. The Labute approximate surface area is 156 Å². The number of hydrogen-bond donors (Lipinski definition) is 4. The van der Waals surface area contributed by atoms with E-state index in [0.717, 1.165) is 12.8 Å². The van der Waals surface area contributed by atoms with Crippen molar-refractivity contribution in [1.82, 2.24) is 16.0 Å². The Morgan fingerprint density at radius 2 is 1.69 bits per heavy atom.